The molecule has 0 atom stereocenters. The van der Waals surface area contributed by atoms with Gasteiger partial charge in [-0.2, -0.15) is 5.10 Å². The van der Waals surface area contributed by atoms with Crippen LogP contribution in [0, 0.1) is 10.1 Å². The third-order valence-electron chi connectivity index (χ3n) is 2.40. The Morgan fingerprint density at radius 1 is 1.55 bits per heavy atom. The summed E-state index contributed by atoms with van der Waals surface area (Å²) in [7, 11) is 0. The molecular weight excluding hydrogens is 280 g/mol. The highest BCUT2D eigenvalue weighted by molar-refractivity contribution is 7.12. The molecule has 2 aromatic rings. The van der Waals surface area contributed by atoms with Crippen LogP contribution < -0.4 is 5.43 Å². The number of hydrazone groups is 1. The summed E-state index contributed by atoms with van der Waals surface area (Å²) in [6.07, 6.45) is 2.99. The summed E-state index contributed by atoms with van der Waals surface area (Å²) in [6, 6.07) is 4.68. The maximum Gasteiger partial charge on any atom is 0.280 e. The standard InChI is InChI=1S/C12H10N4O3S/c1-8(11-5-10(7-20-11)16(18)19)14-15-12(17)9-3-2-4-13-6-9/h2-7H,1H3,(H,15,17)/b14-8+. The summed E-state index contributed by atoms with van der Waals surface area (Å²) in [5.74, 6) is -0.386. The van der Waals surface area contributed by atoms with Crippen LogP contribution in [0.4, 0.5) is 5.69 Å². The lowest BCUT2D eigenvalue weighted by molar-refractivity contribution is -0.384. The van der Waals surface area contributed by atoms with Crippen LogP contribution in [0.1, 0.15) is 22.2 Å². The quantitative estimate of drug-likeness (QED) is 0.530. The number of carbonyl (C=O) groups is 1. The Morgan fingerprint density at radius 2 is 2.35 bits per heavy atom. The van der Waals surface area contributed by atoms with E-state index in [4.69, 9.17) is 0 Å². The molecule has 0 saturated carbocycles. The number of hydrogen-bond acceptors (Lipinski definition) is 6. The molecule has 2 aromatic heterocycles. The first-order valence-electron chi connectivity index (χ1n) is 5.56. The molecule has 2 heterocycles. The zero-order chi connectivity index (χ0) is 14.5. The summed E-state index contributed by atoms with van der Waals surface area (Å²) >= 11 is 1.20. The van der Waals surface area contributed by atoms with Gasteiger partial charge in [0.25, 0.3) is 11.6 Å². The molecule has 0 fully saturated rings. The Balaban J connectivity index is 2.07. The highest BCUT2D eigenvalue weighted by Crippen LogP contribution is 2.21. The number of thiophene rings is 1. The third-order valence-corrected chi connectivity index (χ3v) is 3.43. The number of aromatic nitrogens is 1. The van der Waals surface area contributed by atoms with Crippen molar-refractivity contribution in [3.05, 3.63) is 56.5 Å². The van der Waals surface area contributed by atoms with Gasteiger partial charge in [-0.05, 0) is 19.1 Å². The summed E-state index contributed by atoms with van der Waals surface area (Å²) in [5.41, 5.74) is 3.28. The molecule has 0 aromatic carbocycles. The Kier molecular flexibility index (Phi) is 4.16. The van der Waals surface area contributed by atoms with E-state index in [2.05, 4.69) is 15.5 Å². The van der Waals surface area contributed by atoms with Gasteiger partial charge in [0, 0.05) is 18.5 Å². The van der Waals surface area contributed by atoms with Crippen LogP contribution in [0.15, 0.2) is 41.1 Å². The van der Waals surface area contributed by atoms with Crippen LogP contribution in [0.25, 0.3) is 0 Å². The molecule has 0 spiro atoms. The van der Waals surface area contributed by atoms with E-state index in [9.17, 15) is 14.9 Å². The Labute approximate surface area is 118 Å². The summed E-state index contributed by atoms with van der Waals surface area (Å²) < 4.78 is 0. The molecule has 7 nitrogen and oxygen atoms in total. The van der Waals surface area contributed by atoms with Crippen LogP contribution in [-0.2, 0) is 0 Å². The predicted molar refractivity (Wildman–Crippen MR) is 74.9 cm³/mol. The van der Waals surface area contributed by atoms with Crippen LogP contribution in [0.3, 0.4) is 0 Å². The first-order valence-corrected chi connectivity index (χ1v) is 6.44. The van der Waals surface area contributed by atoms with Crippen LogP contribution in [0.5, 0.6) is 0 Å². The molecule has 0 aliphatic heterocycles. The van der Waals surface area contributed by atoms with Crippen molar-refractivity contribution >= 4 is 28.6 Å². The molecule has 20 heavy (non-hydrogen) atoms. The van der Waals surface area contributed by atoms with Gasteiger partial charge in [-0.3, -0.25) is 19.9 Å². The maximum atomic E-state index is 11.7. The van der Waals surface area contributed by atoms with Gasteiger partial charge in [-0.1, -0.05) is 0 Å². The second-order valence-corrected chi connectivity index (χ2v) is 4.72. The number of nitrogens with zero attached hydrogens (tertiary/aromatic N) is 3. The van der Waals surface area contributed by atoms with E-state index >= 15 is 0 Å². The number of nitrogens with one attached hydrogen (secondary N) is 1. The summed E-state index contributed by atoms with van der Waals surface area (Å²) in [6.45, 7) is 1.67. The van der Waals surface area contributed by atoms with Crippen molar-refractivity contribution < 1.29 is 9.72 Å². The van der Waals surface area contributed by atoms with E-state index in [1.165, 1.54) is 29.0 Å². The lowest BCUT2D eigenvalue weighted by Gasteiger charge is -2.00. The molecule has 102 valence electrons. The van der Waals surface area contributed by atoms with Crippen molar-refractivity contribution in [2.75, 3.05) is 0 Å². The zero-order valence-electron chi connectivity index (χ0n) is 10.4. The van der Waals surface area contributed by atoms with Crippen molar-refractivity contribution in [1.82, 2.24) is 10.4 Å². The van der Waals surface area contributed by atoms with E-state index in [1.807, 2.05) is 0 Å². The highest BCUT2D eigenvalue weighted by Gasteiger charge is 2.11. The van der Waals surface area contributed by atoms with Crippen LogP contribution in [-0.4, -0.2) is 21.5 Å². The Bertz CT molecular complexity index is 666. The first-order chi connectivity index (χ1) is 9.58. The average molecular weight is 290 g/mol. The highest BCUT2D eigenvalue weighted by atomic mass is 32.1. The molecule has 0 radical (unpaired) electrons. The predicted octanol–water partition coefficient (Wildman–Crippen LogP) is 2.21. The smallest absolute Gasteiger partial charge is 0.267 e. The van der Waals surface area contributed by atoms with Gasteiger partial charge in [0.1, 0.15) is 0 Å². The van der Waals surface area contributed by atoms with Crippen molar-refractivity contribution in [1.29, 1.82) is 0 Å². The normalized spacial score (nSPS) is 11.2. The van der Waals surface area contributed by atoms with E-state index in [-0.39, 0.29) is 11.6 Å². The molecule has 0 bridgehead atoms. The molecule has 0 aliphatic rings. The minimum Gasteiger partial charge on any atom is -0.267 e. The monoisotopic (exact) mass is 290 g/mol. The number of nitro groups is 1. The minimum atomic E-state index is -0.471. The minimum absolute atomic E-state index is 0.0122. The van der Waals surface area contributed by atoms with Gasteiger partial charge in [0.15, 0.2) is 0 Å². The van der Waals surface area contributed by atoms with Crippen molar-refractivity contribution in [3.8, 4) is 0 Å². The number of amides is 1. The van der Waals surface area contributed by atoms with Crippen molar-refractivity contribution in [2.45, 2.75) is 6.92 Å². The van der Waals surface area contributed by atoms with Gasteiger partial charge in [-0.25, -0.2) is 5.43 Å². The molecule has 1 amide bonds. The van der Waals surface area contributed by atoms with Crippen molar-refractivity contribution in [3.63, 3.8) is 0 Å². The molecule has 8 heteroatoms. The molecule has 0 saturated heterocycles. The molecule has 0 unspecified atom stereocenters. The molecule has 0 aliphatic carbocycles. The van der Waals surface area contributed by atoms with Crippen molar-refractivity contribution in [2.24, 2.45) is 5.10 Å². The van der Waals surface area contributed by atoms with Crippen LogP contribution >= 0.6 is 11.3 Å². The fourth-order valence-corrected chi connectivity index (χ4v) is 2.17. The Morgan fingerprint density at radius 3 is 2.95 bits per heavy atom. The first kappa shape index (κ1) is 13.8. The van der Waals surface area contributed by atoms with Gasteiger partial charge < -0.3 is 0 Å². The number of hydrogen-bond donors (Lipinski definition) is 1. The largest absolute Gasteiger partial charge is 0.280 e. The SMILES string of the molecule is C/C(=N\NC(=O)c1cccnc1)c1cc([N+](=O)[O-])cs1. The van der Waals surface area contributed by atoms with Gasteiger partial charge in [0.05, 0.1) is 26.5 Å². The fraction of sp³-hybridized carbons (Fsp3) is 0.0833. The topological polar surface area (TPSA) is 97.5 Å². The number of rotatable bonds is 4. The molecule has 1 N–H and O–H groups in total. The van der Waals surface area contributed by atoms with Gasteiger partial charge >= 0.3 is 0 Å². The maximum absolute atomic E-state index is 11.7. The number of carbonyl (C=O) groups excluding carboxylic acids is 1. The second kappa shape index (κ2) is 6.02. The lowest BCUT2D eigenvalue weighted by atomic mass is 10.3. The van der Waals surface area contributed by atoms with E-state index in [1.54, 1.807) is 25.3 Å². The van der Waals surface area contributed by atoms with E-state index in [0.717, 1.165) is 0 Å². The Hall–Kier alpha value is -2.61. The molecular formula is C12H10N4O3S. The average Bonchev–Trinajstić information content (AvgIpc) is 2.95. The van der Waals surface area contributed by atoms with Crippen LogP contribution in [0.2, 0.25) is 0 Å². The zero-order valence-corrected chi connectivity index (χ0v) is 11.3. The van der Waals surface area contributed by atoms with E-state index in [0.29, 0.717) is 16.2 Å². The van der Waals surface area contributed by atoms with Gasteiger partial charge in [-0.15, -0.1) is 11.3 Å². The summed E-state index contributed by atoms with van der Waals surface area (Å²) in [4.78, 5) is 26.3. The van der Waals surface area contributed by atoms with E-state index < -0.39 is 4.92 Å². The van der Waals surface area contributed by atoms with Gasteiger partial charge in [0.2, 0.25) is 0 Å². The summed E-state index contributed by atoms with van der Waals surface area (Å²) in [5, 5.41) is 15.9. The fourth-order valence-electron chi connectivity index (χ4n) is 1.36. The molecule has 2 rings (SSSR count). The second-order valence-electron chi connectivity index (χ2n) is 3.81. The number of pyridine rings is 1. The third kappa shape index (κ3) is 3.23. The lowest BCUT2D eigenvalue weighted by Crippen LogP contribution is -2.19.